The van der Waals surface area contributed by atoms with Crippen molar-refractivity contribution in [1.82, 2.24) is 19.7 Å². The van der Waals surface area contributed by atoms with Crippen molar-refractivity contribution in [2.75, 3.05) is 20.3 Å². The number of ether oxygens (including phenoxy) is 2. The van der Waals surface area contributed by atoms with Gasteiger partial charge >= 0.3 is 0 Å². The third-order valence-electron chi connectivity index (χ3n) is 4.11. The van der Waals surface area contributed by atoms with Crippen molar-refractivity contribution in [2.45, 2.75) is 6.54 Å². The van der Waals surface area contributed by atoms with E-state index in [0.717, 1.165) is 17.1 Å². The highest BCUT2D eigenvalue weighted by Crippen LogP contribution is 2.31. The standard InChI is InChI=1S/C19H18N4O3/c1-22(13-14-3-5-16-17(11-14)26-10-9-25-16)19(24)15-4-6-18(20-12-15)23-8-2-7-21-23/h2-8,11-12H,9-10,13H2,1H3. The van der Waals surface area contributed by atoms with Crippen LogP contribution >= 0.6 is 0 Å². The summed E-state index contributed by atoms with van der Waals surface area (Å²) in [6.45, 7) is 1.57. The number of aromatic nitrogens is 3. The zero-order chi connectivity index (χ0) is 17.9. The number of nitrogens with zero attached hydrogens (tertiary/aromatic N) is 4. The molecule has 0 radical (unpaired) electrons. The Balaban J connectivity index is 1.46. The minimum atomic E-state index is -0.0978. The lowest BCUT2D eigenvalue weighted by atomic mass is 10.1. The molecule has 132 valence electrons. The molecule has 1 aromatic carbocycles. The third kappa shape index (κ3) is 3.23. The number of hydrogen-bond acceptors (Lipinski definition) is 5. The maximum atomic E-state index is 12.6. The Hall–Kier alpha value is -3.35. The molecule has 26 heavy (non-hydrogen) atoms. The minimum Gasteiger partial charge on any atom is -0.486 e. The van der Waals surface area contributed by atoms with Crippen LogP contribution in [-0.4, -0.2) is 45.8 Å². The molecule has 0 atom stereocenters. The number of pyridine rings is 1. The van der Waals surface area contributed by atoms with Gasteiger partial charge < -0.3 is 14.4 Å². The Bertz CT molecular complexity index is 907. The van der Waals surface area contributed by atoms with E-state index >= 15 is 0 Å². The summed E-state index contributed by atoms with van der Waals surface area (Å²) in [7, 11) is 1.76. The van der Waals surface area contributed by atoms with Crippen molar-refractivity contribution >= 4 is 5.91 Å². The van der Waals surface area contributed by atoms with Crippen molar-refractivity contribution in [3.63, 3.8) is 0 Å². The van der Waals surface area contributed by atoms with E-state index in [1.165, 1.54) is 0 Å². The minimum absolute atomic E-state index is 0.0978. The van der Waals surface area contributed by atoms with Gasteiger partial charge in [-0.25, -0.2) is 9.67 Å². The van der Waals surface area contributed by atoms with Crippen LogP contribution in [0.15, 0.2) is 55.0 Å². The highest BCUT2D eigenvalue weighted by Gasteiger charge is 2.16. The fourth-order valence-corrected chi connectivity index (χ4v) is 2.80. The quantitative estimate of drug-likeness (QED) is 0.722. The molecule has 0 aliphatic carbocycles. The van der Waals surface area contributed by atoms with E-state index in [9.17, 15) is 4.79 Å². The van der Waals surface area contributed by atoms with Gasteiger partial charge in [0.1, 0.15) is 13.2 Å². The molecule has 1 amide bonds. The number of hydrogen-bond donors (Lipinski definition) is 0. The fourth-order valence-electron chi connectivity index (χ4n) is 2.80. The highest BCUT2D eigenvalue weighted by atomic mass is 16.6. The molecule has 4 rings (SSSR count). The molecule has 0 saturated carbocycles. The average Bonchev–Trinajstić information content (AvgIpc) is 3.22. The van der Waals surface area contributed by atoms with Gasteiger partial charge in [-0.3, -0.25) is 4.79 Å². The van der Waals surface area contributed by atoms with Crippen LogP contribution in [0.4, 0.5) is 0 Å². The van der Waals surface area contributed by atoms with E-state index in [0.29, 0.717) is 31.1 Å². The van der Waals surface area contributed by atoms with E-state index in [2.05, 4.69) is 10.1 Å². The Morgan fingerprint density at radius 2 is 2.04 bits per heavy atom. The predicted molar refractivity (Wildman–Crippen MR) is 94.6 cm³/mol. The van der Waals surface area contributed by atoms with Crippen molar-refractivity contribution in [3.8, 4) is 17.3 Å². The summed E-state index contributed by atoms with van der Waals surface area (Å²) >= 11 is 0. The van der Waals surface area contributed by atoms with E-state index in [4.69, 9.17) is 9.47 Å². The number of carbonyl (C=O) groups is 1. The van der Waals surface area contributed by atoms with Gasteiger partial charge in [0.05, 0.1) is 5.56 Å². The molecule has 0 N–H and O–H groups in total. The molecule has 1 aliphatic heterocycles. The number of amides is 1. The molecule has 7 nitrogen and oxygen atoms in total. The summed E-state index contributed by atoms with van der Waals surface area (Å²) in [5.74, 6) is 2.03. The summed E-state index contributed by atoms with van der Waals surface area (Å²) in [6.07, 6.45) is 5.05. The normalized spacial score (nSPS) is 12.7. The molecule has 0 saturated heterocycles. The molecule has 0 bridgehead atoms. The SMILES string of the molecule is CN(Cc1ccc2c(c1)OCCO2)C(=O)c1ccc(-n2cccn2)nc1. The maximum Gasteiger partial charge on any atom is 0.255 e. The zero-order valence-electron chi connectivity index (χ0n) is 14.3. The van der Waals surface area contributed by atoms with Gasteiger partial charge in [0.25, 0.3) is 5.91 Å². The lowest BCUT2D eigenvalue weighted by Gasteiger charge is -2.21. The van der Waals surface area contributed by atoms with Crippen LogP contribution in [0.5, 0.6) is 11.5 Å². The smallest absolute Gasteiger partial charge is 0.255 e. The van der Waals surface area contributed by atoms with Crippen molar-refractivity contribution < 1.29 is 14.3 Å². The Morgan fingerprint density at radius 1 is 1.19 bits per heavy atom. The molecule has 1 aliphatic rings. The molecule has 0 spiro atoms. The molecule has 7 heteroatoms. The van der Waals surface area contributed by atoms with Gasteiger partial charge in [0.15, 0.2) is 17.3 Å². The van der Waals surface area contributed by atoms with Gasteiger partial charge in [-0.15, -0.1) is 0 Å². The van der Waals surface area contributed by atoms with Crippen molar-refractivity contribution in [3.05, 3.63) is 66.1 Å². The average molecular weight is 350 g/mol. The number of carbonyl (C=O) groups excluding carboxylic acids is 1. The zero-order valence-corrected chi connectivity index (χ0v) is 14.3. The van der Waals surface area contributed by atoms with Crippen molar-refractivity contribution in [1.29, 1.82) is 0 Å². The second-order valence-electron chi connectivity index (χ2n) is 5.99. The number of fused-ring (bicyclic) bond motifs is 1. The first kappa shape index (κ1) is 16.1. The summed E-state index contributed by atoms with van der Waals surface area (Å²) in [4.78, 5) is 18.6. The van der Waals surface area contributed by atoms with Gasteiger partial charge in [-0.2, -0.15) is 5.10 Å². The lowest BCUT2D eigenvalue weighted by molar-refractivity contribution is 0.0784. The molecule has 3 aromatic rings. The molecule has 3 heterocycles. The summed E-state index contributed by atoms with van der Waals surface area (Å²) < 4.78 is 12.8. The summed E-state index contributed by atoms with van der Waals surface area (Å²) in [6, 6.07) is 11.1. The Labute approximate surface area is 150 Å². The molecule has 2 aromatic heterocycles. The fraction of sp³-hybridized carbons (Fsp3) is 0.211. The molecule has 0 fully saturated rings. The van der Waals surface area contributed by atoms with Crippen LogP contribution in [0.25, 0.3) is 5.82 Å². The number of rotatable bonds is 4. The van der Waals surface area contributed by atoms with Gasteiger partial charge in [-0.1, -0.05) is 6.07 Å². The van der Waals surface area contributed by atoms with Crippen LogP contribution in [0.3, 0.4) is 0 Å². The monoisotopic (exact) mass is 350 g/mol. The molecule has 0 unspecified atom stereocenters. The van der Waals surface area contributed by atoms with E-state index in [1.54, 1.807) is 47.4 Å². The van der Waals surface area contributed by atoms with E-state index in [1.807, 2.05) is 24.3 Å². The number of benzene rings is 1. The summed E-state index contributed by atoms with van der Waals surface area (Å²) in [5.41, 5.74) is 1.51. The first-order chi connectivity index (χ1) is 12.7. The second-order valence-corrected chi connectivity index (χ2v) is 5.99. The van der Waals surface area contributed by atoms with E-state index in [-0.39, 0.29) is 5.91 Å². The second kappa shape index (κ2) is 6.87. The van der Waals surface area contributed by atoms with Gasteiger partial charge in [0, 0.05) is 32.2 Å². The van der Waals surface area contributed by atoms with Crippen LogP contribution in [0.1, 0.15) is 15.9 Å². The maximum absolute atomic E-state index is 12.6. The van der Waals surface area contributed by atoms with Gasteiger partial charge in [0.2, 0.25) is 0 Å². The highest BCUT2D eigenvalue weighted by molar-refractivity contribution is 5.93. The largest absolute Gasteiger partial charge is 0.486 e. The molecular weight excluding hydrogens is 332 g/mol. The molecular formula is C19H18N4O3. The first-order valence-corrected chi connectivity index (χ1v) is 8.31. The van der Waals surface area contributed by atoms with Crippen LogP contribution < -0.4 is 9.47 Å². The van der Waals surface area contributed by atoms with E-state index < -0.39 is 0 Å². The Morgan fingerprint density at radius 3 is 2.77 bits per heavy atom. The van der Waals surface area contributed by atoms with Gasteiger partial charge in [-0.05, 0) is 35.9 Å². The topological polar surface area (TPSA) is 69.5 Å². The summed E-state index contributed by atoms with van der Waals surface area (Å²) in [5, 5.41) is 4.12. The van der Waals surface area contributed by atoms with Crippen LogP contribution in [0.2, 0.25) is 0 Å². The van der Waals surface area contributed by atoms with Crippen molar-refractivity contribution in [2.24, 2.45) is 0 Å². The van der Waals surface area contributed by atoms with Crippen LogP contribution in [-0.2, 0) is 6.54 Å². The predicted octanol–water partition coefficient (Wildman–Crippen LogP) is 2.31. The first-order valence-electron chi connectivity index (χ1n) is 8.31. The van der Waals surface area contributed by atoms with Crippen LogP contribution in [0, 0.1) is 0 Å². The third-order valence-corrected chi connectivity index (χ3v) is 4.11. The lowest BCUT2D eigenvalue weighted by Crippen LogP contribution is -2.26. The Kier molecular flexibility index (Phi) is 4.27.